The van der Waals surface area contributed by atoms with E-state index in [0.717, 1.165) is 11.3 Å². The molecular formula is C21H28N4O5. The number of esters is 1. The number of anilines is 1. The van der Waals surface area contributed by atoms with Gasteiger partial charge in [0.1, 0.15) is 11.9 Å². The molecule has 1 aliphatic carbocycles. The van der Waals surface area contributed by atoms with Gasteiger partial charge in [-0.25, -0.2) is 9.48 Å². The van der Waals surface area contributed by atoms with E-state index in [1.54, 1.807) is 16.9 Å². The molecule has 0 bridgehead atoms. The summed E-state index contributed by atoms with van der Waals surface area (Å²) in [7, 11) is 0. The molecular weight excluding hydrogens is 388 g/mol. The zero-order chi connectivity index (χ0) is 22.0. The Bertz CT molecular complexity index is 851. The molecule has 1 N–H and O–H groups in total. The van der Waals surface area contributed by atoms with E-state index in [2.05, 4.69) is 10.4 Å². The van der Waals surface area contributed by atoms with Crippen molar-refractivity contribution >= 4 is 29.5 Å². The quantitative estimate of drug-likeness (QED) is 0.414. The first-order valence-corrected chi connectivity index (χ1v) is 10.3. The van der Waals surface area contributed by atoms with Crippen LogP contribution in [0, 0.1) is 11.8 Å². The summed E-state index contributed by atoms with van der Waals surface area (Å²) in [5.74, 6) is -2.34. The van der Waals surface area contributed by atoms with Crippen molar-refractivity contribution in [1.82, 2.24) is 14.7 Å². The number of amides is 3. The van der Waals surface area contributed by atoms with Crippen LogP contribution in [0.1, 0.15) is 53.0 Å². The highest BCUT2D eigenvalue weighted by Gasteiger charge is 2.50. The maximum atomic E-state index is 12.6. The van der Waals surface area contributed by atoms with E-state index < -0.39 is 35.9 Å². The molecule has 1 aliphatic heterocycles. The smallest absolute Gasteiger partial charge is 0.329 e. The zero-order valence-electron chi connectivity index (χ0n) is 17.7. The molecule has 3 rings (SSSR count). The second kappa shape index (κ2) is 8.81. The van der Waals surface area contributed by atoms with E-state index in [-0.39, 0.29) is 17.9 Å². The van der Waals surface area contributed by atoms with Crippen LogP contribution < -0.4 is 5.32 Å². The monoisotopic (exact) mass is 416 g/mol. The maximum Gasteiger partial charge on any atom is 0.329 e. The molecule has 0 aromatic carbocycles. The number of likely N-dealkylation sites (tertiary alicyclic amines) is 1. The van der Waals surface area contributed by atoms with Crippen LogP contribution in [0.25, 0.3) is 0 Å². The second-order valence-corrected chi connectivity index (χ2v) is 7.86. The van der Waals surface area contributed by atoms with Crippen LogP contribution in [0.5, 0.6) is 0 Å². The minimum Gasteiger partial charge on any atom is -0.451 e. The molecule has 162 valence electrons. The second-order valence-electron chi connectivity index (χ2n) is 7.86. The molecule has 9 nitrogen and oxygen atoms in total. The lowest BCUT2D eigenvalue weighted by atomic mass is 9.85. The fourth-order valence-corrected chi connectivity index (χ4v) is 3.80. The summed E-state index contributed by atoms with van der Waals surface area (Å²) >= 11 is 0. The van der Waals surface area contributed by atoms with E-state index in [0.29, 0.717) is 18.7 Å². The average Bonchev–Trinajstić information content (AvgIpc) is 3.29. The van der Waals surface area contributed by atoms with Crippen LogP contribution in [0.15, 0.2) is 24.4 Å². The van der Waals surface area contributed by atoms with Gasteiger partial charge in [-0.05, 0) is 40.0 Å². The topological polar surface area (TPSA) is 111 Å². The van der Waals surface area contributed by atoms with Crippen molar-refractivity contribution in [1.29, 1.82) is 0 Å². The first kappa shape index (κ1) is 21.7. The minimum atomic E-state index is -1.10. The Morgan fingerprint density at radius 1 is 1.17 bits per heavy atom. The summed E-state index contributed by atoms with van der Waals surface area (Å²) in [6.07, 6.45) is 6.08. The van der Waals surface area contributed by atoms with Gasteiger partial charge in [-0.15, -0.1) is 0 Å². The highest BCUT2D eigenvalue weighted by Crippen LogP contribution is 2.36. The van der Waals surface area contributed by atoms with Gasteiger partial charge in [-0.1, -0.05) is 19.1 Å². The number of nitrogens with zero attached hydrogens (tertiary/aromatic N) is 3. The van der Waals surface area contributed by atoms with Crippen molar-refractivity contribution in [3.8, 4) is 0 Å². The minimum absolute atomic E-state index is 0.0957. The molecule has 30 heavy (non-hydrogen) atoms. The summed E-state index contributed by atoms with van der Waals surface area (Å²) < 4.78 is 6.96. The Morgan fingerprint density at radius 3 is 2.33 bits per heavy atom. The number of aromatic nitrogens is 2. The molecule has 1 aromatic rings. The number of carbonyl (C=O) groups excluding carboxylic acids is 4. The summed E-state index contributed by atoms with van der Waals surface area (Å²) in [6, 6.07) is 0.674. The molecule has 5 atom stereocenters. The van der Waals surface area contributed by atoms with Crippen molar-refractivity contribution in [2.24, 2.45) is 11.8 Å². The number of rotatable bonds is 7. The van der Waals surface area contributed by atoms with Crippen LogP contribution in [0.3, 0.4) is 0 Å². The number of allylic oxidation sites excluding steroid dienone is 2. The SMILES string of the molecule is CC[C@@H](C)n1nccc1NC(=O)[C@H](C)OC(=O)[C@@H](C)N1C(=O)[C@H]2CC=CC[C@H]2C1=O. The van der Waals surface area contributed by atoms with Gasteiger partial charge in [0.05, 0.1) is 24.1 Å². The first-order chi connectivity index (χ1) is 14.3. The van der Waals surface area contributed by atoms with Crippen molar-refractivity contribution < 1.29 is 23.9 Å². The van der Waals surface area contributed by atoms with Gasteiger partial charge in [0, 0.05) is 6.07 Å². The van der Waals surface area contributed by atoms with Gasteiger partial charge in [0.2, 0.25) is 11.8 Å². The normalized spacial score (nSPS) is 23.7. The molecule has 0 saturated carbocycles. The lowest BCUT2D eigenvalue weighted by Gasteiger charge is -2.23. The fourth-order valence-electron chi connectivity index (χ4n) is 3.80. The lowest BCUT2D eigenvalue weighted by molar-refractivity contribution is -0.163. The van der Waals surface area contributed by atoms with Crippen molar-refractivity contribution in [2.75, 3.05) is 5.32 Å². The Hall–Kier alpha value is -2.97. The molecule has 1 saturated heterocycles. The molecule has 9 heteroatoms. The van der Waals surface area contributed by atoms with Crippen LogP contribution >= 0.6 is 0 Å². The average molecular weight is 416 g/mol. The van der Waals surface area contributed by atoms with Crippen molar-refractivity contribution in [2.45, 2.75) is 65.1 Å². The fraction of sp³-hybridized carbons (Fsp3) is 0.571. The molecule has 3 amide bonds. The molecule has 1 aromatic heterocycles. The number of nitrogens with one attached hydrogen (secondary N) is 1. The Morgan fingerprint density at radius 2 is 1.77 bits per heavy atom. The number of imide groups is 1. The number of ether oxygens (including phenoxy) is 1. The third-order valence-electron chi connectivity index (χ3n) is 5.86. The van der Waals surface area contributed by atoms with E-state index in [1.165, 1.54) is 13.8 Å². The molecule has 1 fully saturated rings. The molecule has 0 unspecified atom stereocenters. The third kappa shape index (κ3) is 4.01. The van der Waals surface area contributed by atoms with E-state index in [1.807, 2.05) is 26.0 Å². The predicted molar refractivity (Wildman–Crippen MR) is 108 cm³/mol. The summed E-state index contributed by atoms with van der Waals surface area (Å²) in [5, 5.41) is 6.91. The number of carbonyl (C=O) groups is 4. The van der Waals surface area contributed by atoms with Crippen LogP contribution in [0.2, 0.25) is 0 Å². The largest absolute Gasteiger partial charge is 0.451 e. The summed E-state index contributed by atoms with van der Waals surface area (Å²) in [5.41, 5.74) is 0. The number of fused-ring (bicyclic) bond motifs is 1. The van der Waals surface area contributed by atoms with Gasteiger partial charge < -0.3 is 10.1 Å². The van der Waals surface area contributed by atoms with Gasteiger partial charge in [0.25, 0.3) is 5.91 Å². The van der Waals surface area contributed by atoms with E-state index >= 15 is 0 Å². The summed E-state index contributed by atoms with van der Waals surface area (Å²) in [4.78, 5) is 51.3. The van der Waals surface area contributed by atoms with E-state index in [9.17, 15) is 19.2 Å². The Balaban J connectivity index is 1.61. The molecule has 2 heterocycles. The predicted octanol–water partition coefficient (Wildman–Crippen LogP) is 2.06. The van der Waals surface area contributed by atoms with Crippen molar-refractivity contribution in [3.05, 3.63) is 24.4 Å². The molecule has 0 spiro atoms. The van der Waals surface area contributed by atoms with Crippen LogP contribution in [-0.4, -0.2) is 50.5 Å². The third-order valence-corrected chi connectivity index (χ3v) is 5.86. The highest BCUT2D eigenvalue weighted by atomic mass is 16.5. The number of hydrogen-bond donors (Lipinski definition) is 1. The number of hydrogen-bond acceptors (Lipinski definition) is 6. The van der Waals surface area contributed by atoms with Crippen LogP contribution in [-0.2, 0) is 23.9 Å². The van der Waals surface area contributed by atoms with Gasteiger partial charge in [-0.2, -0.15) is 5.10 Å². The standard InChI is InChI=1S/C21H28N4O5/c1-5-12(2)25-17(10-11-22-25)23-18(26)14(4)30-21(29)13(3)24-19(27)15-8-6-7-9-16(15)20(24)28/h6-7,10-16H,5,8-9H2,1-4H3,(H,23,26)/t12-,13-,14+,15-,16+/m1/s1. The Kier molecular flexibility index (Phi) is 6.38. The Labute approximate surface area is 175 Å². The van der Waals surface area contributed by atoms with E-state index in [4.69, 9.17) is 4.74 Å². The van der Waals surface area contributed by atoms with Gasteiger partial charge >= 0.3 is 5.97 Å². The lowest BCUT2D eigenvalue weighted by Crippen LogP contribution is -2.46. The first-order valence-electron chi connectivity index (χ1n) is 10.3. The molecule has 2 aliphatic rings. The highest BCUT2D eigenvalue weighted by molar-refractivity contribution is 6.08. The van der Waals surface area contributed by atoms with Crippen molar-refractivity contribution in [3.63, 3.8) is 0 Å². The zero-order valence-corrected chi connectivity index (χ0v) is 17.7. The van der Waals surface area contributed by atoms with Gasteiger partial charge in [0.15, 0.2) is 6.10 Å². The van der Waals surface area contributed by atoms with Crippen LogP contribution in [0.4, 0.5) is 5.82 Å². The molecule has 0 radical (unpaired) electrons. The maximum absolute atomic E-state index is 12.6. The van der Waals surface area contributed by atoms with Gasteiger partial charge in [-0.3, -0.25) is 19.3 Å². The summed E-state index contributed by atoms with van der Waals surface area (Å²) in [6.45, 7) is 6.88.